The van der Waals surface area contributed by atoms with E-state index in [4.69, 9.17) is 4.42 Å². The summed E-state index contributed by atoms with van der Waals surface area (Å²) in [4.78, 5) is 25.6. The van der Waals surface area contributed by atoms with Gasteiger partial charge in [0.1, 0.15) is 5.58 Å². The molecule has 3 rings (SSSR count). The van der Waals surface area contributed by atoms with E-state index in [0.29, 0.717) is 43.6 Å². The SMILES string of the molecule is CC(C)(C)NC(=O)CN1CCCN(S(=O)(=O)c2ccc3oc(=O)ccc3c2)CC1. The van der Waals surface area contributed by atoms with Crippen LogP contribution < -0.4 is 10.9 Å². The zero-order chi connectivity index (χ0) is 21.2. The van der Waals surface area contributed by atoms with Crippen LogP contribution in [0, 0.1) is 0 Å². The Labute approximate surface area is 170 Å². The molecule has 1 aromatic heterocycles. The minimum absolute atomic E-state index is 0.0650. The van der Waals surface area contributed by atoms with E-state index >= 15 is 0 Å². The highest BCUT2D eigenvalue weighted by atomic mass is 32.2. The van der Waals surface area contributed by atoms with Crippen LogP contribution in [0.2, 0.25) is 0 Å². The third-order valence-corrected chi connectivity index (χ3v) is 6.55. The largest absolute Gasteiger partial charge is 0.423 e. The lowest BCUT2D eigenvalue weighted by Crippen LogP contribution is -2.46. The Bertz CT molecular complexity index is 1060. The van der Waals surface area contributed by atoms with E-state index < -0.39 is 15.6 Å². The van der Waals surface area contributed by atoms with Crippen LogP contribution in [0.3, 0.4) is 0 Å². The molecule has 2 aromatic rings. The molecular weight excluding hydrogens is 394 g/mol. The molecule has 0 bridgehead atoms. The number of amides is 1. The van der Waals surface area contributed by atoms with E-state index in [2.05, 4.69) is 5.32 Å². The summed E-state index contributed by atoms with van der Waals surface area (Å²) in [6.07, 6.45) is 0.643. The summed E-state index contributed by atoms with van der Waals surface area (Å²) in [6.45, 7) is 7.88. The van der Waals surface area contributed by atoms with Crippen molar-refractivity contribution in [3.63, 3.8) is 0 Å². The summed E-state index contributed by atoms with van der Waals surface area (Å²) in [5.41, 5.74) is -0.423. The Morgan fingerprint density at radius 1 is 1.10 bits per heavy atom. The maximum absolute atomic E-state index is 13.1. The molecular formula is C20H27N3O5S. The minimum atomic E-state index is -3.68. The maximum Gasteiger partial charge on any atom is 0.336 e. The average molecular weight is 422 g/mol. The molecule has 0 spiro atoms. The quantitative estimate of drug-likeness (QED) is 0.749. The van der Waals surface area contributed by atoms with E-state index in [-0.39, 0.29) is 22.9 Å². The van der Waals surface area contributed by atoms with Crippen molar-refractivity contribution in [2.75, 3.05) is 32.7 Å². The molecule has 1 saturated heterocycles. The Kier molecular flexibility index (Phi) is 6.11. The van der Waals surface area contributed by atoms with Crippen LogP contribution in [0.1, 0.15) is 27.2 Å². The van der Waals surface area contributed by atoms with Gasteiger partial charge in [-0.15, -0.1) is 0 Å². The van der Waals surface area contributed by atoms with Gasteiger partial charge in [-0.1, -0.05) is 0 Å². The van der Waals surface area contributed by atoms with E-state index in [1.165, 1.54) is 28.6 Å². The van der Waals surface area contributed by atoms with Gasteiger partial charge >= 0.3 is 5.63 Å². The molecule has 8 nitrogen and oxygen atoms in total. The summed E-state index contributed by atoms with van der Waals surface area (Å²) in [7, 11) is -3.68. The summed E-state index contributed by atoms with van der Waals surface area (Å²) in [5, 5.41) is 3.49. The normalized spacial score (nSPS) is 17.2. The number of rotatable bonds is 4. The molecule has 29 heavy (non-hydrogen) atoms. The van der Waals surface area contributed by atoms with Crippen molar-refractivity contribution in [3.05, 3.63) is 40.8 Å². The standard InChI is InChI=1S/C20H27N3O5S/c1-20(2,3)21-18(24)14-22-9-4-10-23(12-11-22)29(26,27)16-6-7-17-15(13-16)5-8-19(25)28-17/h5-8,13H,4,9-12,14H2,1-3H3,(H,21,24). The zero-order valence-electron chi connectivity index (χ0n) is 17.0. The van der Waals surface area contributed by atoms with Gasteiger partial charge in [0.05, 0.1) is 11.4 Å². The first kappa shape index (κ1) is 21.5. The Morgan fingerprint density at radius 2 is 1.86 bits per heavy atom. The Hall–Kier alpha value is -2.23. The fourth-order valence-corrected chi connectivity index (χ4v) is 4.87. The van der Waals surface area contributed by atoms with E-state index in [1.807, 2.05) is 25.7 Å². The van der Waals surface area contributed by atoms with Crippen molar-refractivity contribution in [2.45, 2.75) is 37.6 Å². The van der Waals surface area contributed by atoms with Crippen LogP contribution in [-0.4, -0.2) is 61.8 Å². The highest BCUT2D eigenvalue weighted by Crippen LogP contribution is 2.22. The van der Waals surface area contributed by atoms with Gasteiger partial charge in [0.2, 0.25) is 15.9 Å². The van der Waals surface area contributed by atoms with Gasteiger partial charge in [-0.05, 0) is 58.0 Å². The topological polar surface area (TPSA) is 99.9 Å². The molecule has 0 radical (unpaired) electrons. The van der Waals surface area contributed by atoms with Crippen molar-refractivity contribution in [2.24, 2.45) is 0 Å². The van der Waals surface area contributed by atoms with Crippen molar-refractivity contribution in [1.29, 1.82) is 0 Å². The first-order chi connectivity index (χ1) is 13.5. The molecule has 0 atom stereocenters. The average Bonchev–Trinajstić information content (AvgIpc) is 2.85. The molecule has 9 heteroatoms. The van der Waals surface area contributed by atoms with Crippen molar-refractivity contribution in [3.8, 4) is 0 Å². The van der Waals surface area contributed by atoms with Crippen LogP contribution in [0.15, 0.2) is 44.4 Å². The molecule has 1 aliphatic heterocycles. The minimum Gasteiger partial charge on any atom is -0.423 e. The fourth-order valence-electron chi connectivity index (χ4n) is 3.37. The molecule has 1 amide bonds. The molecule has 1 N–H and O–H groups in total. The van der Waals surface area contributed by atoms with Crippen LogP contribution in [0.25, 0.3) is 11.0 Å². The highest BCUT2D eigenvalue weighted by molar-refractivity contribution is 7.89. The van der Waals surface area contributed by atoms with E-state index in [1.54, 1.807) is 6.07 Å². The zero-order valence-corrected chi connectivity index (χ0v) is 17.8. The first-order valence-electron chi connectivity index (χ1n) is 9.62. The van der Waals surface area contributed by atoms with Crippen molar-refractivity contribution in [1.82, 2.24) is 14.5 Å². The molecule has 2 heterocycles. The van der Waals surface area contributed by atoms with Gasteiger partial charge in [-0.2, -0.15) is 4.31 Å². The number of carbonyl (C=O) groups excluding carboxylic acids is 1. The van der Waals surface area contributed by atoms with Crippen LogP contribution in [0.4, 0.5) is 0 Å². The van der Waals surface area contributed by atoms with Crippen LogP contribution in [-0.2, 0) is 14.8 Å². The molecule has 0 unspecified atom stereocenters. The Balaban J connectivity index is 1.71. The number of nitrogens with one attached hydrogen (secondary N) is 1. The van der Waals surface area contributed by atoms with Crippen LogP contribution >= 0.6 is 0 Å². The van der Waals surface area contributed by atoms with Crippen molar-refractivity contribution < 1.29 is 17.6 Å². The molecule has 1 aromatic carbocycles. The number of nitrogens with zero attached hydrogens (tertiary/aromatic N) is 2. The predicted octanol–water partition coefficient (Wildman–Crippen LogP) is 1.40. The molecule has 1 fully saturated rings. The molecule has 0 saturated carbocycles. The molecule has 0 aliphatic carbocycles. The lowest BCUT2D eigenvalue weighted by molar-refractivity contribution is -0.123. The summed E-state index contributed by atoms with van der Waals surface area (Å²) < 4.78 is 32.7. The fraction of sp³-hybridized carbons (Fsp3) is 0.500. The van der Waals surface area contributed by atoms with E-state index in [0.717, 1.165) is 0 Å². The lowest BCUT2D eigenvalue weighted by atomic mass is 10.1. The van der Waals surface area contributed by atoms with Gasteiger partial charge in [0, 0.05) is 36.6 Å². The Morgan fingerprint density at radius 3 is 2.59 bits per heavy atom. The number of sulfonamides is 1. The second-order valence-corrected chi connectivity index (χ2v) is 10.2. The number of carbonyl (C=O) groups is 1. The van der Waals surface area contributed by atoms with E-state index in [9.17, 15) is 18.0 Å². The third-order valence-electron chi connectivity index (χ3n) is 4.66. The second-order valence-electron chi connectivity index (χ2n) is 8.29. The third kappa shape index (κ3) is 5.43. The number of fused-ring (bicyclic) bond motifs is 1. The van der Waals surface area contributed by atoms with Gasteiger partial charge in [0.15, 0.2) is 0 Å². The lowest BCUT2D eigenvalue weighted by Gasteiger charge is -2.25. The first-order valence-corrected chi connectivity index (χ1v) is 11.1. The summed E-state index contributed by atoms with van der Waals surface area (Å²) in [5.74, 6) is -0.0650. The van der Waals surface area contributed by atoms with Crippen LogP contribution in [0.5, 0.6) is 0 Å². The summed E-state index contributed by atoms with van der Waals surface area (Å²) >= 11 is 0. The predicted molar refractivity (Wildman–Crippen MR) is 110 cm³/mol. The molecule has 158 valence electrons. The van der Waals surface area contributed by atoms with Gasteiger partial charge in [-0.3, -0.25) is 9.69 Å². The monoisotopic (exact) mass is 421 g/mol. The number of hydrogen-bond donors (Lipinski definition) is 1. The smallest absolute Gasteiger partial charge is 0.336 e. The number of benzene rings is 1. The summed E-state index contributed by atoms with van der Waals surface area (Å²) in [6, 6.07) is 7.31. The maximum atomic E-state index is 13.1. The van der Waals surface area contributed by atoms with Gasteiger partial charge < -0.3 is 9.73 Å². The van der Waals surface area contributed by atoms with Gasteiger partial charge in [-0.25, -0.2) is 13.2 Å². The number of hydrogen-bond acceptors (Lipinski definition) is 6. The van der Waals surface area contributed by atoms with Crippen molar-refractivity contribution >= 4 is 26.9 Å². The second kappa shape index (κ2) is 8.25. The highest BCUT2D eigenvalue weighted by Gasteiger charge is 2.28. The van der Waals surface area contributed by atoms with Gasteiger partial charge in [0.25, 0.3) is 0 Å². The molecule has 1 aliphatic rings.